The molecule has 4 heteroatoms. The highest BCUT2D eigenvalue weighted by atomic mass is 32.3. The summed E-state index contributed by atoms with van der Waals surface area (Å²) in [6, 6.07) is 2.18. The van der Waals surface area contributed by atoms with E-state index in [1.807, 2.05) is 12.4 Å². The predicted octanol–water partition coefficient (Wildman–Crippen LogP) is 3.01. The highest BCUT2D eigenvalue weighted by Gasteiger charge is 2.25. The molecule has 3 nitrogen and oxygen atoms in total. The quantitative estimate of drug-likeness (QED) is 0.742. The first kappa shape index (κ1) is 17.2. The summed E-state index contributed by atoms with van der Waals surface area (Å²) in [6.07, 6.45) is 10.5. The Morgan fingerprint density at radius 2 is 1.68 bits per heavy atom. The lowest BCUT2D eigenvalue weighted by Crippen LogP contribution is -2.53. The molecule has 1 aliphatic rings. The molecule has 1 saturated heterocycles. The Balaban J connectivity index is 2.07. The molecule has 1 aromatic rings. The van der Waals surface area contributed by atoms with Crippen molar-refractivity contribution in [1.82, 2.24) is 9.88 Å². The van der Waals surface area contributed by atoms with Gasteiger partial charge < -0.3 is 4.90 Å². The minimum absolute atomic E-state index is 0.257. The molecule has 0 saturated carbocycles. The molecule has 2 rings (SSSR count). The molecule has 0 aliphatic carbocycles. The Morgan fingerprint density at radius 3 is 2.23 bits per heavy atom. The van der Waals surface area contributed by atoms with Crippen molar-refractivity contribution in [3.8, 4) is 11.2 Å². The molecule has 0 N–H and O–H groups in total. The summed E-state index contributed by atoms with van der Waals surface area (Å²) >= 11 is 0. The first-order valence-electron chi connectivity index (χ1n) is 7.81. The minimum Gasteiger partial charge on any atom is -0.368 e. The third-order valence-electron chi connectivity index (χ3n) is 3.82. The monoisotopic (exact) mass is 319 g/mol. The number of anilines is 1. The van der Waals surface area contributed by atoms with Crippen LogP contribution in [0.15, 0.2) is 18.5 Å². The number of rotatable bonds is 1. The van der Waals surface area contributed by atoms with Gasteiger partial charge in [0.05, 0.1) is 11.9 Å². The number of pyridine rings is 1. The molecule has 122 valence electrons. The van der Waals surface area contributed by atoms with Gasteiger partial charge in [-0.05, 0) is 50.9 Å². The van der Waals surface area contributed by atoms with Gasteiger partial charge in [0, 0.05) is 43.5 Å². The third kappa shape index (κ3) is 4.93. The van der Waals surface area contributed by atoms with E-state index in [0.717, 1.165) is 31.7 Å². The zero-order valence-electron chi connectivity index (χ0n) is 14.8. The molecular formula is C18H29N3S. The van der Waals surface area contributed by atoms with Crippen molar-refractivity contribution in [2.24, 2.45) is 0 Å². The Kier molecular flexibility index (Phi) is 5.09. The molecule has 0 amide bonds. The van der Waals surface area contributed by atoms with Gasteiger partial charge in [0.2, 0.25) is 0 Å². The summed E-state index contributed by atoms with van der Waals surface area (Å²) < 4.78 is 0. The van der Waals surface area contributed by atoms with Crippen molar-refractivity contribution < 1.29 is 0 Å². The lowest BCUT2D eigenvalue weighted by atomic mass is 10.0. The molecule has 0 aromatic carbocycles. The van der Waals surface area contributed by atoms with Gasteiger partial charge in [-0.3, -0.25) is 9.88 Å². The smallest absolute Gasteiger partial charge is 0.0566 e. The summed E-state index contributed by atoms with van der Waals surface area (Å²) in [5.74, 6) is 3.28. The first-order valence-corrected chi connectivity index (χ1v) is 10.7. The summed E-state index contributed by atoms with van der Waals surface area (Å²) in [7, 11) is -0.793. The average molecular weight is 320 g/mol. The van der Waals surface area contributed by atoms with Gasteiger partial charge in [0.1, 0.15) is 0 Å². The van der Waals surface area contributed by atoms with Crippen LogP contribution in [0.3, 0.4) is 0 Å². The molecule has 22 heavy (non-hydrogen) atoms. The highest BCUT2D eigenvalue weighted by Crippen LogP contribution is 2.32. The van der Waals surface area contributed by atoms with E-state index in [-0.39, 0.29) is 5.54 Å². The molecule has 0 bridgehead atoms. The van der Waals surface area contributed by atoms with Gasteiger partial charge in [0.15, 0.2) is 0 Å². The minimum atomic E-state index is -0.793. The normalized spacial score (nSPS) is 17.8. The van der Waals surface area contributed by atoms with Crippen LogP contribution in [-0.4, -0.2) is 60.4 Å². The van der Waals surface area contributed by atoms with Gasteiger partial charge in [-0.1, -0.05) is 5.92 Å². The van der Waals surface area contributed by atoms with Gasteiger partial charge in [0.25, 0.3) is 0 Å². The van der Waals surface area contributed by atoms with Crippen LogP contribution in [0.5, 0.6) is 0 Å². The Labute approximate surface area is 137 Å². The maximum Gasteiger partial charge on any atom is 0.0566 e. The van der Waals surface area contributed by atoms with Crippen molar-refractivity contribution in [2.75, 3.05) is 49.8 Å². The zero-order valence-corrected chi connectivity index (χ0v) is 15.6. The lowest BCUT2D eigenvalue weighted by Gasteiger charge is -2.43. The molecule has 0 spiro atoms. The molecule has 0 atom stereocenters. The summed E-state index contributed by atoms with van der Waals surface area (Å²) in [5, 5.41) is 3.36. The van der Waals surface area contributed by atoms with Crippen LogP contribution < -0.4 is 4.90 Å². The fourth-order valence-electron chi connectivity index (χ4n) is 2.52. The molecule has 1 aliphatic heterocycles. The molecule has 0 unspecified atom stereocenters. The van der Waals surface area contributed by atoms with Gasteiger partial charge >= 0.3 is 0 Å². The van der Waals surface area contributed by atoms with Crippen molar-refractivity contribution >= 4 is 15.7 Å². The number of piperazine rings is 1. The van der Waals surface area contributed by atoms with Crippen molar-refractivity contribution in [2.45, 2.75) is 26.3 Å². The second-order valence-corrected chi connectivity index (χ2v) is 11.5. The van der Waals surface area contributed by atoms with Crippen LogP contribution in [0.1, 0.15) is 26.3 Å². The van der Waals surface area contributed by atoms with Gasteiger partial charge in [-0.15, -0.1) is 0 Å². The lowest BCUT2D eigenvalue weighted by molar-refractivity contribution is 0.128. The van der Waals surface area contributed by atoms with Crippen LogP contribution >= 0.6 is 10.0 Å². The van der Waals surface area contributed by atoms with Gasteiger partial charge in [-0.25, -0.2) is 0 Å². The molecular weight excluding hydrogens is 290 g/mol. The van der Waals surface area contributed by atoms with Crippen LogP contribution in [0.25, 0.3) is 0 Å². The molecule has 2 heterocycles. The third-order valence-corrected chi connectivity index (χ3v) is 4.53. The van der Waals surface area contributed by atoms with Crippen molar-refractivity contribution in [1.29, 1.82) is 0 Å². The summed E-state index contributed by atoms with van der Waals surface area (Å²) in [4.78, 5) is 9.35. The number of nitrogens with zero attached hydrogens (tertiary/aromatic N) is 3. The number of hydrogen-bond acceptors (Lipinski definition) is 3. The Morgan fingerprint density at radius 1 is 1.05 bits per heavy atom. The van der Waals surface area contributed by atoms with E-state index in [2.05, 4.69) is 71.6 Å². The molecule has 1 fully saturated rings. The van der Waals surface area contributed by atoms with Crippen LogP contribution in [0, 0.1) is 11.2 Å². The highest BCUT2D eigenvalue weighted by molar-refractivity contribution is 8.35. The van der Waals surface area contributed by atoms with Crippen LogP contribution in [0.2, 0.25) is 0 Å². The second kappa shape index (κ2) is 6.52. The van der Waals surface area contributed by atoms with E-state index in [4.69, 9.17) is 0 Å². The summed E-state index contributed by atoms with van der Waals surface area (Å²) in [6.45, 7) is 11.2. The average Bonchev–Trinajstić information content (AvgIpc) is 2.44. The summed E-state index contributed by atoms with van der Waals surface area (Å²) in [5.41, 5.74) is 2.48. The van der Waals surface area contributed by atoms with Crippen molar-refractivity contribution in [3.05, 3.63) is 24.0 Å². The van der Waals surface area contributed by atoms with E-state index in [0.29, 0.717) is 0 Å². The van der Waals surface area contributed by atoms with E-state index < -0.39 is 10.0 Å². The van der Waals surface area contributed by atoms with E-state index in [1.165, 1.54) is 5.69 Å². The van der Waals surface area contributed by atoms with Crippen LogP contribution in [-0.2, 0) is 0 Å². The maximum absolute atomic E-state index is 4.38. The van der Waals surface area contributed by atoms with E-state index in [1.54, 1.807) is 0 Å². The number of hydrogen-bond donors (Lipinski definition) is 0. The standard InChI is InChI=1S/C18H29N3S/c1-18(2,3)21-10-8-20(9-11-21)17-13-16(14-19-15-17)7-12-22(4,5)6/h13-15H,8-11H2,1-6H3. The Bertz CT molecular complexity index is 564. The fourth-order valence-corrected chi connectivity index (χ4v) is 2.94. The maximum atomic E-state index is 4.38. The SMILES string of the molecule is CC(C)(C)N1CCN(c2cncc(C#CS(C)(C)C)c2)CC1. The Hall–Kier alpha value is -1.18. The molecule has 0 radical (unpaired) electrons. The first-order chi connectivity index (χ1) is 10.1. The zero-order chi connectivity index (χ0) is 16.4. The second-order valence-electron chi connectivity index (χ2n) is 7.64. The van der Waals surface area contributed by atoms with E-state index in [9.17, 15) is 0 Å². The van der Waals surface area contributed by atoms with Gasteiger partial charge in [-0.2, -0.15) is 10.0 Å². The van der Waals surface area contributed by atoms with E-state index >= 15 is 0 Å². The van der Waals surface area contributed by atoms with Crippen molar-refractivity contribution in [3.63, 3.8) is 0 Å². The van der Waals surface area contributed by atoms with Crippen LogP contribution in [0.4, 0.5) is 5.69 Å². The fraction of sp³-hybridized carbons (Fsp3) is 0.611. The number of aromatic nitrogens is 1. The topological polar surface area (TPSA) is 19.4 Å². The predicted molar refractivity (Wildman–Crippen MR) is 100 cm³/mol. The largest absolute Gasteiger partial charge is 0.368 e. The molecule has 1 aromatic heterocycles.